The predicted octanol–water partition coefficient (Wildman–Crippen LogP) is 2.95. The summed E-state index contributed by atoms with van der Waals surface area (Å²) in [7, 11) is 0. The van der Waals surface area contributed by atoms with E-state index in [1.54, 1.807) is 11.3 Å². The molecular weight excluding hydrogens is 342 g/mol. The first-order valence-corrected chi connectivity index (χ1v) is 9.78. The number of nitrogens with one attached hydrogen (secondary N) is 1. The van der Waals surface area contributed by atoms with Gasteiger partial charge < -0.3 is 5.32 Å². The third kappa shape index (κ3) is 3.75. The lowest BCUT2D eigenvalue weighted by Gasteiger charge is -2.34. The molecule has 1 aliphatic heterocycles. The molecule has 2 fully saturated rings. The molecule has 1 aromatic carbocycles. The quantitative estimate of drug-likeness (QED) is 0.887. The van der Waals surface area contributed by atoms with Crippen molar-refractivity contribution in [3.8, 4) is 0 Å². The van der Waals surface area contributed by atoms with Gasteiger partial charge in [-0.3, -0.25) is 14.6 Å². The Kier molecular flexibility index (Phi) is 4.77. The third-order valence-corrected chi connectivity index (χ3v) is 6.44. The fourth-order valence-electron chi connectivity index (χ4n) is 3.18. The number of halogens is 1. The van der Waals surface area contributed by atoms with E-state index in [9.17, 15) is 4.79 Å². The largest absolute Gasteiger partial charge is 0.352 e. The Labute approximate surface area is 151 Å². The summed E-state index contributed by atoms with van der Waals surface area (Å²) < 4.78 is 1.26. The highest BCUT2D eigenvalue weighted by Crippen LogP contribution is 2.35. The average molecular weight is 364 g/mol. The van der Waals surface area contributed by atoms with Gasteiger partial charge in [0.05, 0.1) is 11.6 Å². The normalized spacial score (nSPS) is 19.7. The van der Waals surface area contributed by atoms with Crippen molar-refractivity contribution in [3.05, 3.63) is 34.2 Å². The van der Waals surface area contributed by atoms with Crippen molar-refractivity contribution in [3.63, 3.8) is 0 Å². The molecule has 0 atom stereocenters. The summed E-state index contributed by atoms with van der Waals surface area (Å²) in [5.74, 6) is 0.179. The molecule has 4 rings (SSSR count). The van der Waals surface area contributed by atoms with Crippen molar-refractivity contribution in [1.29, 1.82) is 0 Å². The van der Waals surface area contributed by atoms with Crippen LogP contribution in [0.3, 0.4) is 0 Å². The number of thiophene rings is 1. The van der Waals surface area contributed by atoms with E-state index in [1.165, 1.54) is 9.58 Å². The van der Waals surface area contributed by atoms with Gasteiger partial charge in [0.2, 0.25) is 5.91 Å². The van der Waals surface area contributed by atoms with Gasteiger partial charge in [-0.25, -0.2) is 0 Å². The van der Waals surface area contributed by atoms with Crippen LogP contribution in [0.1, 0.15) is 17.7 Å². The number of nitrogens with zero attached hydrogens (tertiary/aromatic N) is 2. The van der Waals surface area contributed by atoms with E-state index in [2.05, 4.69) is 33.3 Å². The van der Waals surface area contributed by atoms with Crippen molar-refractivity contribution in [2.24, 2.45) is 0 Å². The highest BCUT2D eigenvalue weighted by molar-refractivity contribution is 7.19. The van der Waals surface area contributed by atoms with Crippen molar-refractivity contribution in [2.45, 2.75) is 25.4 Å². The van der Waals surface area contributed by atoms with E-state index in [1.807, 2.05) is 6.07 Å². The first-order valence-electron chi connectivity index (χ1n) is 8.59. The van der Waals surface area contributed by atoms with Crippen LogP contribution in [0.2, 0.25) is 5.02 Å². The lowest BCUT2D eigenvalue weighted by molar-refractivity contribution is -0.122. The Hall–Kier alpha value is -1.14. The van der Waals surface area contributed by atoms with E-state index < -0.39 is 0 Å². The molecule has 0 unspecified atom stereocenters. The molecular formula is C18H22ClN3OS. The molecule has 128 valence electrons. The van der Waals surface area contributed by atoms with Gasteiger partial charge in [-0.1, -0.05) is 29.8 Å². The van der Waals surface area contributed by atoms with E-state index in [4.69, 9.17) is 11.6 Å². The number of hydrogen-bond donors (Lipinski definition) is 1. The topological polar surface area (TPSA) is 35.6 Å². The van der Waals surface area contributed by atoms with Crippen LogP contribution in [0.15, 0.2) is 24.3 Å². The number of carbonyl (C=O) groups excluding carboxylic acids is 1. The van der Waals surface area contributed by atoms with Gasteiger partial charge in [-0.2, -0.15) is 0 Å². The summed E-state index contributed by atoms with van der Waals surface area (Å²) in [5.41, 5.74) is 0. The molecule has 6 heteroatoms. The average Bonchev–Trinajstić information content (AvgIpc) is 3.34. The fraction of sp³-hybridized carbons (Fsp3) is 0.500. The van der Waals surface area contributed by atoms with Gasteiger partial charge in [0.1, 0.15) is 0 Å². The van der Waals surface area contributed by atoms with Gasteiger partial charge in [-0.15, -0.1) is 11.3 Å². The van der Waals surface area contributed by atoms with Gasteiger partial charge in [0, 0.05) is 53.7 Å². The van der Waals surface area contributed by atoms with E-state index in [0.29, 0.717) is 12.6 Å². The maximum absolute atomic E-state index is 11.9. The predicted molar refractivity (Wildman–Crippen MR) is 99.7 cm³/mol. The maximum Gasteiger partial charge on any atom is 0.234 e. The molecule has 2 heterocycles. The zero-order chi connectivity index (χ0) is 16.5. The molecule has 1 saturated carbocycles. The van der Waals surface area contributed by atoms with E-state index in [-0.39, 0.29) is 5.91 Å². The van der Waals surface area contributed by atoms with Crippen molar-refractivity contribution in [2.75, 3.05) is 32.7 Å². The van der Waals surface area contributed by atoms with Gasteiger partial charge in [0.25, 0.3) is 0 Å². The molecule has 0 bridgehead atoms. The molecule has 2 aliphatic rings. The zero-order valence-electron chi connectivity index (χ0n) is 13.6. The van der Waals surface area contributed by atoms with Gasteiger partial charge >= 0.3 is 0 Å². The standard InChI is InChI=1S/C18H22ClN3OS/c19-18-14-3-1-2-4-15(14)24-16(18)11-21-7-9-22(10-8-21)12-17(23)20-13-5-6-13/h1-4,13H,5-12H2,(H,20,23). The molecule has 1 aliphatic carbocycles. The molecule has 0 radical (unpaired) electrons. The van der Waals surface area contributed by atoms with Crippen molar-refractivity contribution < 1.29 is 4.79 Å². The molecule has 1 saturated heterocycles. The van der Waals surface area contributed by atoms with Crippen LogP contribution in [0.5, 0.6) is 0 Å². The lowest BCUT2D eigenvalue weighted by atomic mass is 10.2. The summed E-state index contributed by atoms with van der Waals surface area (Å²) in [6.07, 6.45) is 2.30. The number of benzene rings is 1. The van der Waals surface area contributed by atoms with Crippen LogP contribution in [0.4, 0.5) is 0 Å². The van der Waals surface area contributed by atoms with Crippen LogP contribution in [0, 0.1) is 0 Å². The first kappa shape index (κ1) is 16.3. The first-order chi connectivity index (χ1) is 11.7. The van der Waals surface area contributed by atoms with E-state index >= 15 is 0 Å². The smallest absolute Gasteiger partial charge is 0.234 e. The number of fused-ring (bicyclic) bond motifs is 1. The summed E-state index contributed by atoms with van der Waals surface area (Å²) in [4.78, 5) is 17.8. The summed E-state index contributed by atoms with van der Waals surface area (Å²) in [6, 6.07) is 8.77. The molecule has 1 N–H and O–H groups in total. The minimum Gasteiger partial charge on any atom is -0.352 e. The van der Waals surface area contributed by atoms with E-state index in [0.717, 1.165) is 56.0 Å². The maximum atomic E-state index is 11.9. The Morgan fingerprint density at radius 2 is 1.88 bits per heavy atom. The Bertz CT molecular complexity index is 735. The van der Waals surface area contributed by atoms with Crippen LogP contribution in [0.25, 0.3) is 10.1 Å². The summed E-state index contributed by atoms with van der Waals surface area (Å²) >= 11 is 8.34. The zero-order valence-corrected chi connectivity index (χ0v) is 15.2. The number of piperazine rings is 1. The Morgan fingerprint density at radius 3 is 2.58 bits per heavy atom. The highest BCUT2D eigenvalue weighted by atomic mass is 35.5. The van der Waals surface area contributed by atoms with Crippen LogP contribution >= 0.6 is 22.9 Å². The number of amides is 1. The minimum absolute atomic E-state index is 0.179. The van der Waals surface area contributed by atoms with Crippen LogP contribution in [-0.4, -0.2) is 54.5 Å². The third-order valence-electron chi connectivity index (χ3n) is 4.74. The molecule has 0 spiro atoms. The van der Waals surface area contributed by atoms with Crippen molar-refractivity contribution in [1.82, 2.24) is 15.1 Å². The van der Waals surface area contributed by atoms with Crippen LogP contribution in [-0.2, 0) is 11.3 Å². The minimum atomic E-state index is 0.179. The molecule has 2 aromatic rings. The van der Waals surface area contributed by atoms with Crippen LogP contribution < -0.4 is 5.32 Å². The Morgan fingerprint density at radius 1 is 1.17 bits per heavy atom. The SMILES string of the molecule is O=C(CN1CCN(Cc2sc3ccccc3c2Cl)CC1)NC1CC1. The second-order valence-corrected chi connectivity index (χ2v) is 8.24. The Balaban J connectivity index is 1.30. The molecule has 24 heavy (non-hydrogen) atoms. The monoisotopic (exact) mass is 363 g/mol. The lowest BCUT2D eigenvalue weighted by Crippen LogP contribution is -2.49. The molecule has 4 nitrogen and oxygen atoms in total. The second-order valence-electron chi connectivity index (χ2n) is 6.73. The number of carbonyl (C=O) groups is 1. The van der Waals surface area contributed by atoms with Gasteiger partial charge in [-0.05, 0) is 18.9 Å². The summed E-state index contributed by atoms with van der Waals surface area (Å²) in [6.45, 7) is 5.30. The fourth-order valence-corrected chi connectivity index (χ4v) is 4.71. The van der Waals surface area contributed by atoms with Crippen molar-refractivity contribution >= 4 is 38.9 Å². The van der Waals surface area contributed by atoms with Gasteiger partial charge in [0.15, 0.2) is 0 Å². The second kappa shape index (κ2) is 7.00. The number of hydrogen-bond acceptors (Lipinski definition) is 4. The summed E-state index contributed by atoms with van der Waals surface area (Å²) in [5, 5.41) is 5.13. The number of rotatable bonds is 5. The molecule has 1 aromatic heterocycles. The molecule has 1 amide bonds. The highest BCUT2D eigenvalue weighted by Gasteiger charge is 2.25.